The van der Waals surface area contributed by atoms with Gasteiger partial charge in [-0.1, -0.05) is 42.3 Å². The fraction of sp³-hybridized carbons (Fsp3) is 0.500. The van der Waals surface area contributed by atoms with Crippen molar-refractivity contribution in [3.8, 4) is 6.07 Å². The van der Waals surface area contributed by atoms with Gasteiger partial charge in [-0.2, -0.15) is 10.4 Å². The molecule has 2 unspecified atom stereocenters. The third-order valence-corrected chi connectivity index (χ3v) is 9.62. The van der Waals surface area contributed by atoms with Gasteiger partial charge in [-0.05, 0) is 68.3 Å². The minimum Gasteiger partial charge on any atom is -0.390 e. The molecular formula is C28H32Cl2N6O3S. The molecule has 0 saturated carbocycles. The number of hydrogen-bond donors (Lipinski definition) is 1. The van der Waals surface area contributed by atoms with Crippen LogP contribution in [0.5, 0.6) is 0 Å². The van der Waals surface area contributed by atoms with Gasteiger partial charge in [0.25, 0.3) is 0 Å². The van der Waals surface area contributed by atoms with Crippen molar-refractivity contribution in [3.63, 3.8) is 0 Å². The van der Waals surface area contributed by atoms with Crippen molar-refractivity contribution in [2.45, 2.75) is 63.8 Å². The lowest BCUT2D eigenvalue weighted by Crippen LogP contribution is -2.50. The summed E-state index contributed by atoms with van der Waals surface area (Å²) in [7, 11) is -3.27. The lowest BCUT2D eigenvalue weighted by atomic mass is 9.83. The molecule has 12 heteroatoms. The number of benzene rings is 1. The zero-order valence-electron chi connectivity index (χ0n) is 22.6. The number of allylic oxidation sites excluding steroid dienone is 1. The number of aliphatic hydroxyl groups is 1. The van der Waals surface area contributed by atoms with Crippen molar-refractivity contribution in [3.05, 3.63) is 57.5 Å². The SMILES string of the molecule is C[C@@H]1CC(c2cnc3c(C#N)nn([C@H](C)c4ccc(Cl)cc4Cl)c3n2)=CCC1N1CCC[C@H]1C(O)CS(C)(=O)=O. The highest BCUT2D eigenvalue weighted by molar-refractivity contribution is 7.90. The molecule has 40 heavy (non-hydrogen) atoms. The Kier molecular flexibility index (Phi) is 8.24. The molecule has 0 bridgehead atoms. The molecule has 0 spiro atoms. The van der Waals surface area contributed by atoms with Gasteiger partial charge < -0.3 is 5.11 Å². The molecule has 2 aliphatic rings. The molecule has 212 valence electrons. The Morgan fingerprint density at radius 2 is 2.08 bits per heavy atom. The summed E-state index contributed by atoms with van der Waals surface area (Å²) in [5.74, 6) is 0.0409. The van der Waals surface area contributed by atoms with Crippen LogP contribution in [-0.4, -0.2) is 74.9 Å². The number of aliphatic hydroxyl groups excluding tert-OH is 1. The Morgan fingerprint density at radius 1 is 1.30 bits per heavy atom. The van der Waals surface area contributed by atoms with Crippen LogP contribution in [0.15, 0.2) is 30.5 Å². The summed E-state index contributed by atoms with van der Waals surface area (Å²) in [6, 6.07) is 7.14. The molecule has 1 aromatic carbocycles. The molecule has 1 aliphatic carbocycles. The molecule has 3 aromatic rings. The zero-order valence-corrected chi connectivity index (χ0v) is 25.0. The summed E-state index contributed by atoms with van der Waals surface area (Å²) in [6.07, 6.45) is 7.39. The number of halogens is 2. The smallest absolute Gasteiger partial charge is 0.190 e. The van der Waals surface area contributed by atoms with Gasteiger partial charge in [0, 0.05) is 28.4 Å². The number of sulfone groups is 1. The highest BCUT2D eigenvalue weighted by Gasteiger charge is 2.39. The minimum absolute atomic E-state index is 0.159. The highest BCUT2D eigenvalue weighted by atomic mass is 35.5. The standard InChI is InChI=1S/C28H32Cl2N6O3S/c1-16-11-18(6-9-24(16)35-10-4-5-25(35)26(37)15-40(3,38)39)23-14-32-27-22(13-31)34-36(28(27)33-23)17(2)20-8-7-19(29)12-21(20)30/h6-8,12,14,16-17,24-26,37H,4-5,9-11,15H2,1-3H3/t16-,17-,24?,25+,26?/m1/s1. The molecule has 1 N–H and O–H groups in total. The van der Waals surface area contributed by atoms with E-state index in [1.807, 2.05) is 13.0 Å². The molecular weight excluding hydrogens is 571 g/mol. The summed E-state index contributed by atoms with van der Waals surface area (Å²) in [6.45, 7) is 4.97. The monoisotopic (exact) mass is 602 g/mol. The van der Waals surface area contributed by atoms with E-state index in [-0.39, 0.29) is 35.5 Å². The highest BCUT2D eigenvalue weighted by Crippen LogP contribution is 2.37. The van der Waals surface area contributed by atoms with E-state index in [9.17, 15) is 18.8 Å². The molecule has 1 fully saturated rings. The van der Waals surface area contributed by atoms with Crippen LogP contribution in [0.3, 0.4) is 0 Å². The molecule has 1 aliphatic heterocycles. The quantitative estimate of drug-likeness (QED) is 0.413. The Hall–Kier alpha value is -2.55. The van der Waals surface area contributed by atoms with Gasteiger partial charge >= 0.3 is 0 Å². The first-order valence-electron chi connectivity index (χ1n) is 13.4. The Balaban J connectivity index is 1.43. The van der Waals surface area contributed by atoms with Crippen molar-refractivity contribution in [1.82, 2.24) is 24.6 Å². The Morgan fingerprint density at radius 3 is 2.75 bits per heavy atom. The molecule has 0 radical (unpaired) electrons. The van der Waals surface area contributed by atoms with E-state index in [2.05, 4.69) is 34.1 Å². The van der Waals surface area contributed by atoms with Crippen LogP contribution in [0.4, 0.5) is 0 Å². The normalized spacial score (nSPS) is 23.6. The fourth-order valence-corrected chi connectivity index (χ4v) is 7.58. The van der Waals surface area contributed by atoms with Gasteiger partial charge in [0.05, 0.1) is 29.8 Å². The van der Waals surface area contributed by atoms with Crippen molar-refractivity contribution < 1.29 is 13.5 Å². The summed E-state index contributed by atoms with van der Waals surface area (Å²) in [5, 5.41) is 26.0. The number of nitriles is 1. The molecule has 5 atom stereocenters. The third-order valence-electron chi connectivity index (χ3n) is 8.11. The van der Waals surface area contributed by atoms with Gasteiger partial charge in [0.2, 0.25) is 0 Å². The summed E-state index contributed by atoms with van der Waals surface area (Å²) < 4.78 is 25.3. The number of fused-ring (bicyclic) bond motifs is 1. The van der Waals surface area contributed by atoms with Crippen LogP contribution in [0.25, 0.3) is 16.7 Å². The molecule has 0 amide bonds. The van der Waals surface area contributed by atoms with E-state index in [0.717, 1.165) is 49.1 Å². The van der Waals surface area contributed by atoms with Crippen LogP contribution in [-0.2, 0) is 9.84 Å². The second-order valence-electron chi connectivity index (χ2n) is 11.0. The van der Waals surface area contributed by atoms with E-state index in [1.165, 1.54) is 6.26 Å². The first kappa shape index (κ1) is 29.0. The molecule has 5 rings (SSSR count). The average molecular weight is 604 g/mol. The maximum Gasteiger partial charge on any atom is 0.190 e. The van der Waals surface area contributed by atoms with Gasteiger partial charge in [0.1, 0.15) is 21.4 Å². The van der Waals surface area contributed by atoms with Crippen LogP contribution in [0, 0.1) is 17.2 Å². The summed E-state index contributed by atoms with van der Waals surface area (Å²) in [5.41, 5.74) is 3.74. The van der Waals surface area contributed by atoms with Crippen LogP contribution in [0.1, 0.15) is 62.5 Å². The van der Waals surface area contributed by atoms with Crippen LogP contribution < -0.4 is 0 Å². The number of rotatable bonds is 7. The first-order valence-corrected chi connectivity index (χ1v) is 16.2. The van der Waals surface area contributed by atoms with Gasteiger partial charge in [-0.15, -0.1) is 0 Å². The number of likely N-dealkylation sites (tertiary alicyclic amines) is 1. The van der Waals surface area contributed by atoms with E-state index < -0.39 is 15.9 Å². The lowest BCUT2D eigenvalue weighted by Gasteiger charge is -2.40. The lowest BCUT2D eigenvalue weighted by molar-refractivity contribution is 0.0463. The third kappa shape index (κ3) is 5.76. The second-order valence-corrected chi connectivity index (χ2v) is 14.0. The van der Waals surface area contributed by atoms with E-state index >= 15 is 0 Å². The maximum atomic E-state index is 11.8. The van der Waals surface area contributed by atoms with Crippen molar-refractivity contribution >= 4 is 49.8 Å². The predicted molar refractivity (Wildman–Crippen MR) is 156 cm³/mol. The van der Waals surface area contributed by atoms with Gasteiger partial charge in [-0.3, -0.25) is 4.90 Å². The Bertz CT molecular complexity index is 1620. The number of aromatic nitrogens is 4. The van der Waals surface area contributed by atoms with Gasteiger partial charge in [0.15, 0.2) is 11.3 Å². The van der Waals surface area contributed by atoms with Gasteiger partial charge in [-0.25, -0.2) is 23.1 Å². The van der Waals surface area contributed by atoms with E-state index in [0.29, 0.717) is 21.2 Å². The predicted octanol–water partition coefficient (Wildman–Crippen LogP) is 4.67. The number of hydrogen-bond acceptors (Lipinski definition) is 8. The van der Waals surface area contributed by atoms with Crippen molar-refractivity contribution in [2.24, 2.45) is 5.92 Å². The second kappa shape index (κ2) is 11.4. The van der Waals surface area contributed by atoms with E-state index in [4.69, 9.17) is 28.2 Å². The molecule has 9 nitrogen and oxygen atoms in total. The minimum atomic E-state index is -3.27. The average Bonchev–Trinajstić information content (AvgIpc) is 3.52. The van der Waals surface area contributed by atoms with Crippen molar-refractivity contribution in [1.29, 1.82) is 5.26 Å². The fourth-order valence-electron chi connectivity index (χ4n) is 6.17. The number of nitrogens with zero attached hydrogens (tertiary/aromatic N) is 6. The summed E-state index contributed by atoms with van der Waals surface area (Å²) >= 11 is 12.6. The van der Waals surface area contributed by atoms with Crippen LogP contribution >= 0.6 is 23.2 Å². The topological polar surface area (TPSA) is 125 Å². The van der Waals surface area contributed by atoms with Crippen molar-refractivity contribution in [2.75, 3.05) is 18.6 Å². The maximum absolute atomic E-state index is 11.8. The largest absolute Gasteiger partial charge is 0.390 e. The Labute approximate surface area is 244 Å². The molecule has 2 aromatic heterocycles. The zero-order chi connectivity index (χ0) is 28.8. The molecule has 1 saturated heterocycles. The summed E-state index contributed by atoms with van der Waals surface area (Å²) in [4.78, 5) is 11.8. The molecule has 3 heterocycles. The first-order chi connectivity index (χ1) is 19.0. The van der Waals surface area contributed by atoms with E-state index in [1.54, 1.807) is 23.0 Å². The van der Waals surface area contributed by atoms with Crippen LogP contribution in [0.2, 0.25) is 10.0 Å².